The largest absolute Gasteiger partial charge is 0.361 e. The van der Waals surface area contributed by atoms with Crippen LogP contribution in [0.1, 0.15) is 12.5 Å². The van der Waals surface area contributed by atoms with Crippen molar-refractivity contribution >= 4 is 46.4 Å². The van der Waals surface area contributed by atoms with Gasteiger partial charge in [-0.05, 0) is 62.0 Å². The second-order valence-electron chi connectivity index (χ2n) is 5.07. The highest BCUT2D eigenvalue weighted by Gasteiger charge is 2.11. The van der Waals surface area contributed by atoms with Gasteiger partial charge in [0.05, 0.1) is 0 Å². The fourth-order valence-corrected chi connectivity index (χ4v) is 3.47. The van der Waals surface area contributed by atoms with E-state index in [9.17, 15) is 0 Å². The van der Waals surface area contributed by atoms with Crippen molar-refractivity contribution in [3.05, 3.63) is 59.1 Å². The predicted molar refractivity (Wildman–Crippen MR) is 107 cm³/mol. The molecule has 0 spiro atoms. The molecular weight excluding hydrogens is 344 g/mol. The molecule has 2 aromatic carbocycles. The molecule has 0 aliphatic rings. The molecule has 1 N–H and O–H groups in total. The predicted octanol–water partition coefficient (Wildman–Crippen LogP) is 5.14. The zero-order valence-corrected chi connectivity index (χ0v) is 15.8. The van der Waals surface area contributed by atoms with E-state index >= 15 is 0 Å². The highest BCUT2D eigenvalue weighted by Crippen LogP contribution is 2.21. The molecule has 0 aliphatic carbocycles. The van der Waals surface area contributed by atoms with Crippen molar-refractivity contribution in [2.45, 2.75) is 18.7 Å². The van der Waals surface area contributed by atoms with E-state index in [1.807, 2.05) is 36.4 Å². The number of benzene rings is 2. The van der Waals surface area contributed by atoms with Gasteiger partial charge in [0.2, 0.25) is 0 Å². The number of thiocarbonyl (C=S) groups is 1. The number of aryl methyl sites for hydroxylation is 1. The number of hydrogen-bond donors (Lipinski definition) is 1. The van der Waals surface area contributed by atoms with Crippen LogP contribution in [-0.2, 0) is 0 Å². The molecule has 23 heavy (non-hydrogen) atoms. The molecule has 5 heteroatoms. The number of hydrogen-bond acceptors (Lipinski definition) is 2. The third kappa shape index (κ3) is 5.41. The van der Waals surface area contributed by atoms with Crippen LogP contribution in [0.2, 0.25) is 5.02 Å². The van der Waals surface area contributed by atoms with E-state index in [2.05, 4.69) is 36.2 Å². The molecule has 0 saturated heterocycles. The van der Waals surface area contributed by atoms with Crippen molar-refractivity contribution in [3.63, 3.8) is 0 Å². The Morgan fingerprint density at radius 3 is 2.52 bits per heavy atom. The fourth-order valence-electron chi connectivity index (χ4n) is 2.24. The summed E-state index contributed by atoms with van der Waals surface area (Å²) in [6.45, 7) is 5.90. The lowest BCUT2D eigenvalue weighted by molar-refractivity contribution is 0.933. The summed E-state index contributed by atoms with van der Waals surface area (Å²) in [5.74, 6) is 0.951. The van der Waals surface area contributed by atoms with Gasteiger partial charge in [0, 0.05) is 34.4 Å². The lowest BCUT2D eigenvalue weighted by atomic mass is 10.2. The average molecular weight is 365 g/mol. The number of halogens is 1. The lowest BCUT2D eigenvalue weighted by Crippen LogP contribution is -2.41. The minimum absolute atomic E-state index is 0.769. The van der Waals surface area contributed by atoms with Gasteiger partial charge >= 0.3 is 0 Å². The summed E-state index contributed by atoms with van der Waals surface area (Å²) in [7, 11) is 0. The van der Waals surface area contributed by atoms with Crippen LogP contribution in [-0.4, -0.2) is 24.0 Å². The Morgan fingerprint density at radius 2 is 1.87 bits per heavy atom. The highest BCUT2D eigenvalue weighted by atomic mass is 35.5. The van der Waals surface area contributed by atoms with Gasteiger partial charge in [-0.2, -0.15) is 0 Å². The third-order valence-electron chi connectivity index (χ3n) is 3.43. The van der Waals surface area contributed by atoms with Crippen molar-refractivity contribution in [1.29, 1.82) is 0 Å². The molecule has 2 aromatic rings. The first kappa shape index (κ1) is 18.1. The van der Waals surface area contributed by atoms with Crippen LogP contribution in [0, 0.1) is 6.92 Å². The van der Waals surface area contributed by atoms with E-state index in [1.54, 1.807) is 11.8 Å². The fraction of sp³-hybridized carbons (Fsp3) is 0.278. The van der Waals surface area contributed by atoms with Crippen molar-refractivity contribution < 1.29 is 0 Å². The van der Waals surface area contributed by atoms with Gasteiger partial charge in [-0.3, -0.25) is 0 Å². The average Bonchev–Trinajstić information content (AvgIpc) is 2.55. The van der Waals surface area contributed by atoms with Gasteiger partial charge in [0.1, 0.15) is 0 Å². The van der Waals surface area contributed by atoms with Crippen LogP contribution in [0.3, 0.4) is 0 Å². The smallest absolute Gasteiger partial charge is 0.173 e. The number of para-hydroxylation sites is 1. The van der Waals surface area contributed by atoms with Crippen LogP contribution in [0.25, 0.3) is 0 Å². The summed E-state index contributed by atoms with van der Waals surface area (Å²) in [5.41, 5.74) is 2.40. The Balaban J connectivity index is 1.83. The molecule has 0 atom stereocenters. The van der Waals surface area contributed by atoms with E-state index in [1.165, 1.54) is 10.5 Å². The van der Waals surface area contributed by atoms with Gasteiger partial charge < -0.3 is 10.2 Å². The molecule has 0 amide bonds. The van der Waals surface area contributed by atoms with Crippen molar-refractivity contribution in [2.75, 3.05) is 23.7 Å². The summed E-state index contributed by atoms with van der Waals surface area (Å²) in [5, 5.41) is 4.90. The maximum absolute atomic E-state index is 5.89. The van der Waals surface area contributed by atoms with E-state index in [0.717, 1.165) is 34.7 Å². The molecule has 0 saturated carbocycles. The van der Waals surface area contributed by atoms with Crippen LogP contribution in [0.5, 0.6) is 0 Å². The van der Waals surface area contributed by atoms with Gasteiger partial charge in [0.15, 0.2) is 5.11 Å². The minimum Gasteiger partial charge on any atom is -0.361 e. The van der Waals surface area contributed by atoms with Crippen LogP contribution < -0.4 is 10.2 Å². The van der Waals surface area contributed by atoms with Crippen LogP contribution >= 0.6 is 35.6 Å². The lowest BCUT2D eigenvalue weighted by Gasteiger charge is -2.26. The van der Waals surface area contributed by atoms with Crippen molar-refractivity contribution in [1.82, 2.24) is 5.32 Å². The maximum Gasteiger partial charge on any atom is 0.173 e. The molecule has 122 valence electrons. The first-order valence-corrected chi connectivity index (χ1v) is 9.38. The Hall–Kier alpha value is -1.23. The molecule has 0 aliphatic heterocycles. The number of thioether (sulfide) groups is 1. The quantitative estimate of drug-likeness (QED) is 0.433. The van der Waals surface area contributed by atoms with Crippen molar-refractivity contribution in [2.24, 2.45) is 0 Å². The van der Waals surface area contributed by atoms with Crippen LogP contribution in [0.15, 0.2) is 53.4 Å². The molecule has 0 heterocycles. The topological polar surface area (TPSA) is 15.3 Å². The summed E-state index contributed by atoms with van der Waals surface area (Å²) in [6.07, 6.45) is 0. The number of nitrogens with one attached hydrogen (secondary N) is 1. The van der Waals surface area contributed by atoms with Gasteiger partial charge in [-0.25, -0.2) is 0 Å². The second kappa shape index (κ2) is 9.16. The SMILES string of the molecule is CCN(C(=S)NCCSc1ccc(Cl)cc1)c1ccccc1C. The van der Waals surface area contributed by atoms with Gasteiger partial charge in [0.25, 0.3) is 0 Å². The summed E-state index contributed by atoms with van der Waals surface area (Å²) in [6, 6.07) is 16.2. The zero-order valence-electron chi connectivity index (χ0n) is 13.4. The Kier molecular flexibility index (Phi) is 7.21. The van der Waals surface area contributed by atoms with E-state index in [4.69, 9.17) is 23.8 Å². The number of rotatable bonds is 6. The molecular formula is C18H21ClN2S2. The third-order valence-corrected chi connectivity index (χ3v) is 5.06. The Morgan fingerprint density at radius 1 is 1.17 bits per heavy atom. The molecule has 0 unspecified atom stereocenters. The first-order valence-electron chi connectivity index (χ1n) is 7.61. The molecule has 0 fully saturated rings. The van der Waals surface area contributed by atoms with Crippen LogP contribution in [0.4, 0.5) is 5.69 Å². The number of nitrogens with zero attached hydrogens (tertiary/aromatic N) is 1. The Bertz CT molecular complexity index is 644. The standard InChI is InChI=1S/C18H21ClN2S2/c1-3-21(17-7-5-4-6-14(17)2)18(22)20-12-13-23-16-10-8-15(19)9-11-16/h4-11H,3,12-13H2,1-2H3,(H,20,22). The molecule has 2 rings (SSSR count). The van der Waals surface area contributed by atoms with E-state index < -0.39 is 0 Å². The summed E-state index contributed by atoms with van der Waals surface area (Å²) in [4.78, 5) is 3.35. The maximum atomic E-state index is 5.89. The Labute approximate surface area is 153 Å². The number of anilines is 1. The van der Waals surface area contributed by atoms with Crippen molar-refractivity contribution in [3.8, 4) is 0 Å². The molecule has 2 nitrogen and oxygen atoms in total. The van der Waals surface area contributed by atoms with Gasteiger partial charge in [-0.15, -0.1) is 11.8 Å². The highest BCUT2D eigenvalue weighted by molar-refractivity contribution is 7.99. The molecule has 0 aromatic heterocycles. The zero-order chi connectivity index (χ0) is 16.7. The molecule has 0 radical (unpaired) electrons. The normalized spacial score (nSPS) is 10.4. The second-order valence-corrected chi connectivity index (χ2v) is 7.06. The van der Waals surface area contributed by atoms with Gasteiger partial charge in [-0.1, -0.05) is 29.8 Å². The first-order chi connectivity index (χ1) is 11.1. The summed E-state index contributed by atoms with van der Waals surface area (Å²) >= 11 is 13.2. The minimum atomic E-state index is 0.769. The van der Waals surface area contributed by atoms with E-state index in [-0.39, 0.29) is 0 Å². The van der Waals surface area contributed by atoms with E-state index in [0.29, 0.717) is 0 Å². The summed E-state index contributed by atoms with van der Waals surface area (Å²) < 4.78 is 0. The molecule has 0 bridgehead atoms. The monoisotopic (exact) mass is 364 g/mol.